The van der Waals surface area contributed by atoms with Crippen LogP contribution in [0.2, 0.25) is 0 Å². The molecule has 3 atom stereocenters. The van der Waals surface area contributed by atoms with E-state index in [4.69, 9.17) is 4.99 Å². The highest BCUT2D eigenvalue weighted by atomic mass is 15.3. The molecule has 1 unspecified atom stereocenters. The van der Waals surface area contributed by atoms with Crippen LogP contribution in [-0.2, 0) is 6.54 Å². The first kappa shape index (κ1) is 15.7. The molecule has 1 aliphatic heterocycles. The number of benzene rings is 2. The van der Waals surface area contributed by atoms with Crippen LogP contribution in [0.5, 0.6) is 0 Å². The molecule has 1 fully saturated rings. The highest BCUT2D eigenvalue weighted by molar-refractivity contribution is 5.83. The average molecular weight is 329 g/mol. The van der Waals surface area contributed by atoms with E-state index in [0.717, 1.165) is 12.4 Å². The van der Waals surface area contributed by atoms with E-state index in [2.05, 4.69) is 89.5 Å². The van der Waals surface area contributed by atoms with Gasteiger partial charge >= 0.3 is 0 Å². The quantitative estimate of drug-likeness (QED) is 0.890. The molecule has 2 aliphatic rings. The van der Waals surface area contributed by atoms with E-state index in [9.17, 15) is 0 Å². The first-order valence-electron chi connectivity index (χ1n) is 8.90. The Balaban J connectivity index is 1.55. The smallest absolute Gasteiger partial charge is 0.192 e. The topological polar surface area (TPSA) is 36.4 Å². The molecule has 1 aliphatic carbocycles. The minimum absolute atomic E-state index is 0.233. The van der Waals surface area contributed by atoms with Gasteiger partial charge in [-0.3, -0.25) is 0 Å². The monoisotopic (exact) mass is 329 g/mol. The van der Waals surface area contributed by atoms with Gasteiger partial charge in [0.25, 0.3) is 0 Å². The van der Waals surface area contributed by atoms with Gasteiger partial charge < -0.3 is 10.6 Å². The van der Waals surface area contributed by atoms with Crippen LogP contribution in [0, 0.1) is 5.92 Å². The zero-order chi connectivity index (χ0) is 16.9. The summed E-state index contributed by atoms with van der Waals surface area (Å²) in [5.41, 5.74) is 2.52. The number of nitrogens with zero attached hydrogens (tertiary/aromatic N) is 1. The van der Waals surface area contributed by atoms with Crippen molar-refractivity contribution in [1.82, 2.24) is 10.6 Å². The molecule has 0 aromatic heterocycles. The Morgan fingerprint density at radius 1 is 0.880 bits per heavy atom. The van der Waals surface area contributed by atoms with Crippen molar-refractivity contribution in [3.8, 4) is 0 Å². The summed E-state index contributed by atoms with van der Waals surface area (Å²) in [7, 11) is 0. The molecule has 2 aromatic carbocycles. The van der Waals surface area contributed by atoms with Gasteiger partial charge in [0.15, 0.2) is 5.96 Å². The van der Waals surface area contributed by atoms with Crippen molar-refractivity contribution in [3.05, 3.63) is 96.1 Å². The van der Waals surface area contributed by atoms with Gasteiger partial charge in [-0.2, -0.15) is 0 Å². The molecule has 4 rings (SSSR count). The second kappa shape index (κ2) is 7.39. The summed E-state index contributed by atoms with van der Waals surface area (Å²) in [6.45, 7) is 0.685. The van der Waals surface area contributed by atoms with Gasteiger partial charge in [0.1, 0.15) is 0 Å². The molecule has 1 heterocycles. The Hall–Kier alpha value is -2.81. The van der Waals surface area contributed by atoms with Crippen molar-refractivity contribution < 1.29 is 0 Å². The van der Waals surface area contributed by atoms with Crippen molar-refractivity contribution >= 4 is 5.96 Å². The van der Waals surface area contributed by atoms with Crippen molar-refractivity contribution in [1.29, 1.82) is 0 Å². The first-order valence-corrected chi connectivity index (χ1v) is 8.90. The lowest BCUT2D eigenvalue weighted by Gasteiger charge is -2.26. The molecule has 126 valence electrons. The van der Waals surface area contributed by atoms with Gasteiger partial charge in [-0.1, -0.05) is 85.0 Å². The van der Waals surface area contributed by atoms with Crippen LogP contribution in [0.4, 0.5) is 0 Å². The Morgan fingerprint density at radius 2 is 1.64 bits per heavy atom. The standard InChI is InChI=1S/C22H23N3/c1-4-10-17(11-5-1)16-23-22-24-20(18-12-6-2-7-13-18)21(25-22)19-14-8-3-9-15-19/h1-14,19-21H,15-16H2,(H2,23,24,25)/t19?,20-,21+/m1/s1. The van der Waals surface area contributed by atoms with E-state index in [-0.39, 0.29) is 6.04 Å². The number of rotatable bonds is 4. The Kier molecular flexibility index (Phi) is 4.64. The number of aliphatic imine (C=N–C) groups is 1. The second-order valence-corrected chi connectivity index (χ2v) is 6.57. The van der Waals surface area contributed by atoms with Crippen molar-refractivity contribution in [2.45, 2.75) is 25.0 Å². The second-order valence-electron chi connectivity index (χ2n) is 6.57. The van der Waals surface area contributed by atoms with Crippen molar-refractivity contribution in [2.24, 2.45) is 10.9 Å². The van der Waals surface area contributed by atoms with Gasteiger partial charge in [0.05, 0.1) is 18.6 Å². The largest absolute Gasteiger partial charge is 0.351 e. The normalized spacial score (nSPS) is 26.4. The molecule has 2 aromatic rings. The fraction of sp³-hybridized carbons (Fsp3) is 0.227. The maximum atomic E-state index is 4.77. The summed E-state index contributed by atoms with van der Waals surface area (Å²) in [6, 6.07) is 21.5. The maximum Gasteiger partial charge on any atom is 0.192 e. The number of nitrogens with one attached hydrogen (secondary N) is 2. The van der Waals surface area contributed by atoms with Crippen LogP contribution in [-0.4, -0.2) is 12.0 Å². The molecule has 0 saturated carbocycles. The van der Waals surface area contributed by atoms with Crippen LogP contribution in [0.3, 0.4) is 0 Å². The van der Waals surface area contributed by atoms with Gasteiger partial charge in [-0.25, -0.2) is 4.99 Å². The molecule has 0 bridgehead atoms. The molecule has 3 nitrogen and oxygen atoms in total. The fourth-order valence-electron chi connectivity index (χ4n) is 3.54. The van der Waals surface area contributed by atoms with Crippen LogP contribution >= 0.6 is 0 Å². The van der Waals surface area contributed by atoms with Gasteiger partial charge in [0, 0.05) is 5.92 Å². The summed E-state index contributed by atoms with van der Waals surface area (Å²) in [6.07, 6.45) is 9.88. The first-order chi connectivity index (χ1) is 12.4. The maximum absolute atomic E-state index is 4.77. The van der Waals surface area contributed by atoms with E-state index >= 15 is 0 Å². The lowest BCUT2D eigenvalue weighted by molar-refractivity contribution is 0.418. The molecule has 25 heavy (non-hydrogen) atoms. The summed E-state index contributed by atoms with van der Waals surface area (Å²) < 4.78 is 0. The van der Waals surface area contributed by atoms with E-state index in [1.807, 2.05) is 6.07 Å². The van der Waals surface area contributed by atoms with Crippen LogP contribution in [0.15, 0.2) is 90.0 Å². The fourth-order valence-corrected chi connectivity index (χ4v) is 3.54. The van der Waals surface area contributed by atoms with Crippen LogP contribution in [0.25, 0.3) is 0 Å². The Morgan fingerprint density at radius 3 is 2.36 bits per heavy atom. The van der Waals surface area contributed by atoms with E-state index in [0.29, 0.717) is 18.5 Å². The molecule has 3 heteroatoms. The van der Waals surface area contributed by atoms with E-state index < -0.39 is 0 Å². The third-order valence-electron chi connectivity index (χ3n) is 4.85. The summed E-state index contributed by atoms with van der Waals surface area (Å²) in [5.74, 6) is 1.36. The number of hydrogen-bond donors (Lipinski definition) is 2. The predicted octanol–water partition coefficient (Wildman–Crippen LogP) is 3.98. The van der Waals surface area contributed by atoms with E-state index in [1.54, 1.807) is 0 Å². The zero-order valence-corrected chi connectivity index (χ0v) is 14.2. The van der Waals surface area contributed by atoms with Gasteiger partial charge in [-0.15, -0.1) is 0 Å². The zero-order valence-electron chi connectivity index (χ0n) is 14.2. The summed E-state index contributed by atoms with van der Waals surface area (Å²) >= 11 is 0. The number of guanidine groups is 1. The van der Waals surface area contributed by atoms with Gasteiger partial charge in [0.2, 0.25) is 0 Å². The Bertz CT molecular complexity index is 777. The number of hydrogen-bond acceptors (Lipinski definition) is 1. The third kappa shape index (κ3) is 3.66. The summed E-state index contributed by atoms with van der Waals surface area (Å²) in [5, 5.41) is 7.24. The highest BCUT2D eigenvalue weighted by Crippen LogP contribution is 2.29. The van der Waals surface area contributed by atoms with Crippen LogP contribution < -0.4 is 10.6 Å². The molecule has 0 radical (unpaired) electrons. The lowest BCUT2D eigenvalue weighted by atomic mass is 9.86. The minimum Gasteiger partial charge on any atom is -0.351 e. The molecule has 0 spiro atoms. The summed E-state index contributed by atoms with van der Waals surface area (Å²) in [4.78, 5) is 4.77. The molecular formula is C22H23N3. The molecule has 1 saturated heterocycles. The molecular weight excluding hydrogens is 306 g/mol. The SMILES string of the molecule is C1=CCC([C@@H]2NC(=NCc3ccccc3)N[C@@H]2c2ccccc2)C=C1. The predicted molar refractivity (Wildman–Crippen MR) is 103 cm³/mol. The van der Waals surface area contributed by atoms with Crippen LogP contribution in [0.1, 0.15) is 23.6 Å². The van der Waals surface area contributed by atoms with Gasteiger partial charge in [-0.05, 0) is 17.5 Å². The highest BCUT2D eigenvalue weighted by Gasteiger charge is 2.35. The van der Waals surface area contributed by atoms with Crippen molar-refractivity contribution in [3.63, 3.8) is 0 Å². The molecule has 0 amide bonds. The number of allylic oxidation sites excluding steroid dienone is 3. The average Bonchev–Trinajstić information content (AvgIpc) is 3.13. The van der Waals surface area contributed by atoms with E-state index in [1.165, 1.54) is 11.1 Å². The third-order valence-corrected chi connectivity index (χ3v) is 4.85. The minimum atomic E-state index is 0.233. The lowest BCUT2D eigenvalue weighted by Crippen LogP contribution is -2.35. The Labute approximate surface area is 149 Å². The van der Waals surface area contributed by atoms with Crippen molar-refractivity contribution in [2.75, 3.05) is 0 Å². The molecule has 2 N–H and O–H groups in total.